The standard InChI is InChI=1S/C21H18N6O2S/c1-13-10-22-21(30-13)7-5-15-18-9-19-16(11-28-2)24-25-27(19)20-8-14(29-3)4-6-17(20)26(18)12-23-15/h4,6,8,10,12H,9,11H2,1-3H3. The molecule has 0 fully saturated rings. The van der Waals surface area contributed by atoms with E-state index in [2.05, 4.69) is 36.7 Å². The number of aryl methyl sites for hydroxylation is 1. The number of thiazole rings is 1. The Kier molecular flexibility index (Phi) is 4.58. The van der Waals surface area contributed by atoms with Crippen LogP contribution in [0.25, 0.3) is 11.4 Å². The quantitative estimate of drug-likeness (QED) is 0.419. The van der Waals surface area contributed by atoms with Crippen molar-refractivity contribution in [3.63, 3.8) is 0 Å². The van der Waals surface area contributed by atoms with Gasteiger partial charge in [0.2, 0.25) is 0 Å². The minimum absolute atomic E-state index is 0.377. The molecule has 150 valence electrons. The van der Waals surface area contributed by atoms with E-state index >= 15 is 0 Å². The minimum atomic E-state index is 0.377. The Morgan fingerprint density at radius 1 is 1.13 bits per heavy atom. The maximum atomic E-state index is 5.43. The highest BCUT2D eigenvalue weighted by molar-refractivity contribution is 7.12. The van der Waals surface area contributed by atoms with E-state index in [-0.39, 0.29) is 0 Å². The van der Waals surface area contributed by atoms with Crippen LogP contribution in [-0.2, 0) is 17.8 Å². The highest BCUT2D eigenvalue weighted by Crippen LogP contribution is 2.32. The van der Waals surface area contributed by atoms with Crippen molar-refractivity contribution in [1.82, 2.24) is 29.5 Å². The first-order valence-electron chi connectivity index (χ1n) is 9.29. The van der Waals surface area contributed by atoms with Crippen LogP contribution in [0.5, 0.6) is 5.75 Å². The van der Waals surface area contributed by atoms with E-state index in [1.807, 2.05) is 36.0 Å². The summed E-state index contributed by atoms with van der Waals surface area (Å²) in [6.45, 7) is 2.39. The summed E-state index contributed by atoms with van der Waals surface area (Å²) in [6.07, 6.45) is 4.20. The van der Waals surface area contributed by atoms with Crippen LogP contribution in [-0.4, -0.2) is 43.7 Å². The fourth-order valence-electron chi connectivity index (χ4n) is 3.49. The van der Waals surface area contributed by atoms with E-state index < -0.39 is 0 Å². The number of fused-ring (bicyclic) bond motifs is 5. The van der Waals surface area contributed by atoms with E-state index in [0.717, 1.165) is 44.1 Å². The smallest absolute Gasteiger partial charge is 0.167 e. The zero-order valence-electron chi connectivity index (χ0n) is 16.7. The number of hydrogen-bond acceptors (Lipinski definition) is 7. The van der Waals surface area contributed by atoms with E-state index in [1.165, 1.54) is 0 Å². The summed E-state index contributed by atoms with van der Waals surface area (Å²) in [7, 11) is 3.30. The normalized spacial score (nSPS) is 11.7. The van der Waals surface area contributed by atoms with E-state index in [4.69, 9.17) is 9.47 Å². The molecule has 1 aliphatic heterocycles. The highest BCUT2D eigenvalue weighted by atomic mass is 32.1. The van der Waals surface area contributed by atoms with Crippen LogP contribution < -0.4 is 4.74 Å². The van der Waals surface area contributed by atoms with Crippen molar-refractivity contribution in [2.24, 2.45) is 0 Å². The van der Waals surface area contributed by atoms with Gasteiger partial charge in [0, 0.05) is 30.7 Å². The Labute approximate surface area is 177 Å². The second kappa shape index (κ2) is 7.40. The van der Waals surface area contributed by atoms with Gasteiger partial charge in [-0.05, 0) is 30.9 Å². The number of ether oxygens (including phenoxy) is 2. The van der Waals surface area contributed by atoms with Crippen LogP contribution in [0.1, 0.15) is 32.7 Å². The number of hydrogen-bond donors (Lipinski definition) is 0. The summed E-state index contributed by atoms with van der Waals surface area (Å²) < 4.78 is 14.7. The molecule has 0 radical (unpaired) electrons. The van der Waals surface area contributed by atoms with Gasteiger partial charge >= 0.3 is 0 Å². The van der Waals surface area contributed by atoms with Crippen molar-refractivity contribution in [2.45, 2.75) is 20.0 Å². The first kappa shape index (κ1) is 18.5. The second-order valence-corrected chi connectivity index (χ2v) is 8.03. The largest absolute Gasteiger partial charge is 0.497 e. The minimum Gasteiger partial charge on any atom is -0.497 e. The van der Waals surface area contributed by atoms with Gasteiger partial charge in [0.25, 0.3) is 0 Å². The number of imidazole rings is 1. The fraction of sp³-hybridized carbons (Fsp3) is 0.238. The summed E-state index contributed by atoms with van der Waals surface area (Å²) in [4.78, 5) is 10.0. The van der Waals surface area contributed by atoms with Crippen molar-refractivity contribution >= 4 is 11.3 Å². The lowest BCUT2D eigenvalue weighted by Crippen LogP contribution is -2.04. The third-order valence-corrected chi connectivity index (χ3v) is 5.73. The molecule has 8 nitrogen and oxygen atoms in total. The van der Waals surface area contributed by atoms with Crippen LogP contribution in [0.3, 0.4) is 0 Å². The Morgan fingerprint density at radius 3 is 2.80 bits per heavy atom. The van der Waals surface area contributed by atoms with E-state index in [9.17, 15) is 0 Å². The van der Waals surface area contributed by atoms with Gasteiger partial charge in [-0.25, -0.2) is 14.6 Å². The summed E-state index contributed by atoms with van der Waals surface area (Å²) >= 11 is 1.57. The molecule has 1 aliphatic rings. The van der Waals surface area contributed by atoms with Gasteiger partial charge < -0.3 is 9.47 Å². The van der Waals surface area contributed by atoms with Gasteiger partial charge in [-0.1, -0.05) is 5.21 Å². The first-order chi connectivity index (χ1) is 14.7. The molecule has 0 amide bonds. The Hall–Kier alpha value is -3.48. The molecule has 0 N–H and O–H groups in total. The monoisotopic (exact) mass is 418 g/mol. The van der Waals surface area contributed by atoms with Crippen LogP contribution in [0.4, 0.5) is 0 Å². The van der Waals surface area contributed by atoms with Crippen LogP contribution in [0, 0.1) is 18.8 Å². The van der Waals surface area contributed by atoms with Gasteiger partial charge in [0.05, 0.1) is 36.5 Å². The van der Waals surface area contributed by atoms with Gasteiger partial charge in [-0.3, -0.25) is 4.57 Å². The number of rotatable bonds is 3. The van der Waals surface area contributed by atoms with E-state index in [1.54, 1.807) is 31.9 Å². The average Bonchev–Trinajstić information content (AvgIpc) is 3.44. The zero-order chi connectivity index (χ0) is 20.7. The van der Waals surface area contributed by atoms with Gasteiger partial charge in [0.15, 0.2) is 5.01 Å². The number of aromatic nitrogens is 6. The van der Waals surface area contributed by atoms with Crippen molar-refractivity contribution in [3.05, 3.63) is 63.4 Å². The molecular formula is C21H18N6O2S. The molecule has 0 saturated carbocycles. The molecule has 0 aliphatic carbocycles. The summed E-state index contributed by atoms with van der Waals surface area (Å²) in [5.74, 6) is 7.08. The second-order valence-electron chi connectivity index (χ2n) is 6.80. The number of nitrogens with zero attached hydrogens (tertiary/aromatic N) is 6. The third kappa shape index (κ3) is 3.07. The molecule has 0 bridgehead atoms. The zero-order valence-corrected chi connectivity index (χ0v) is 17.5. The van der Waals surface area contributed by atoms with Crippen LogP contribution >= 0.6 is 11.3 Å². The lowest BCUT2D eigenvalue weighted by molar-refractivity contribution is 0.180. The van der Waals surface area contributed by atoms with Crippen LogP contribution in [0.15, 0.2) is 30.7 Å². The third-order valence-electron chi connectivity index (χ3n) is 4.91. The molecule has 0 spiro atoms. The fourth-order valence-corrected chi connectivity index (χ4v) is 4.11. The Bertz CT molecular complexity index is 1310. The molecule has 0 unspecified atom stereocenters. The van der Waals surface area contributed by atoms with Gasteiger partial charge in [-0.15, -0.1) is 16.4 Å². The van der Waals surface area contributed by atoms with Crippen LogP contribution in [0.2, 0.25) is 0 Å². The van der Waals surface area contributed by atoms with E-state index in [0.29, 0.717) is 18.7 Å². The maximum Gasteiger partial charge on any atom is 0.167 e. The van der Waals surface area contributed by atoms with Crippen molar-refractivity contribution in [3.8, 4) is 29.0 Å². The van der Waals surface area contributed by atoms with Gasteiger partial charge in [0.1, 0.15) is 23.5 Å². The molecule has 30 heavy (non-hydrogen) atoms. The highest BCUT2D eigenvalue weighted by Gasteiger charge is 2.26. The SMILES string of the molecule is COCc1nnn2c1Cc1c(C#Cc3ncc(C)s3)ncn1-c1ccc(OC)cc1-2. The Morgan fingerprint density at radius 2 is 2.03 bits per heavy atom. The lowest BCUT2D eigenvalue weighted by Gasteiger charge is -2.11. The molecule has 1 aromatic carbocycles. The molecule has 3 aromatic heterocycles. The number of methoxy groups -OCH3 is 2. The first-order valence-corrected chi connectivity index (χ1v) is 10.1. The molecule has 4 aromatic rings. The Balaban J connectivity index is 1.69. The lowest BCUT2D eigenvalue weighted by atomic mass is 10.1. The topological polar surface area (TPSA) is 79.9 Å². The maximum absolute atomic E-state index is 5.43. The summed E-state index contributed by atoms with van der Waals surface area (Å²) in [5.41, 5.74) is 5.21. The molecule has 0 atom stereocenters. The number of benzene rings is 1. The van der Waals surface area contributed by atoms with Crippen molar-refractivity contribution in [2.75, 3.05) is 14.2 Å². The molecule has 9 heteroatoms. The van der Waals surface area contributed by atoms with Crippen molar-refractivity contribution in [1.29, 1.82) is 0 Å². The van der Waals surface area contributed by atoms with Gasteiger partial charge in [-0.2, -0.15) is 0 Å². The average molecular weight is 418 g/mol. The predicted octanol–water partition coefficient (Wildman–Crippen LogP) is 2.68. The molecular weight excluding hydrogens is 400 g/mol. The summed E-state index contributed by atoms with van der Waals surface area (Å²) in [6, 6.07) is 5.86. The molecule has 5 rings (SSSR count). The predicted molar refractivity (Wildman–Crippen MR) is 111 cm³/mol. The molecule has 4 heterocycles. The molecule has 0 saturated heterocycles. The van der Waals surface area contributed by atoms with Crippen molar-refractivity contribution < 1.29 is 9.47 Å². The summed E-state index contributed by atoms with van der Waals surface area (Å²) in [5, 5.41) is 9.51.